The summed E-state index contributed by atoms with van der Waals surface area (Å²) in [5.74, 6) is 0.324. The smallest absolute Gasteiger partial charge is 0.368 e. The lowest BCUT2D eigenvalue weighted by Gasteiger charge is -2.06. The number of carbonyl (C=O) groups is 1. The molecule has 0 fully saturated rings. The molecule has 132 valence electrons. The summed E-state index contributed by atoms with van der Waals surface area (Å²) in [5.41, 5.74) is 3.82. The van der Waals surface area contributed by atoms with Gasteiger partial charge in [-0.25, -0.2) is 4.79 Å². The molecule has 4 heteroatoms. The van der Waals surface area contributed by atoms with Crippen molar-refractivity contribution in [1.29, 1.82) is 0 Å². The van der Waals surface area contributed by atoms with Crippen LogP contribution in [0.1, 0.15) is 16.7 Å². The van der Waals surface area contributed by atoms with Crippen LogP contribution in [0.15, 0.2) is 95.7 Å². The number of rotatable bonds is 5. The van der Waals surface area contributed by atoms with Gasteiger partial charge in [-0.15, -0.1) is 0 Å². The molecule has 0 aromatic heterocycles. The number of benzene rings is 3. The summed E-state index contributed by atoms with van der Waals surface area (Å²) in [6, 6.07) is 27.1. The molecule has 0 N–H and O–H groups in total. The third kappa shape index (κ3) is 3.96. The standard InChI is InChI=1S/C23H17NO3/c25-23-21(22(24-27-23)19-9-5-2-6-10-19)15-17-11-13-20(14-12-17)26-16-18-7-3-1-4-8-18/h1-15H,16H2. The molecule has 0 spiro atoms. The molecule has 0 bridgehead atoms. The predicted octanol–water partition coefficient (Wildman–Crippen LogP) is 4.61. The molecule has 0 radical (unpaired) electrons. The first-order chi connectivity index (χ1) is 13.3. The summed E-state index contributed by atoms with van der Waals surface area (Å²) in [7, 11) is 0. The highest BCUT2D eigenvalue weighted by atomic mass is 16.7. The van der Waals surface area contributed by atoms with E-state index in [1.807, 2.05) is 84.9 Å². The lowest BCUT2D eigenvalue weighted by atomic mass is 10.0. The zero-order chi connectivity index (χ0) is 18.5. The van der Waals surface area contributed by atoms with Crippen LogP contribution in [0.4, 0.5) is 0 Å². The minimum absolute atomic E-state index is 0.444. The summed E-state index contributed by atoms with van der Waals surface area (Å²) in [6.45, 7) is 0.512. The van der Waals surface area contributed by atoms with E-state index < -0.39 is 5.97 Å². The first kappa shape index (κ1) is 16.8. The van der Waals surface area contributed by atoms with E-state index in [0.717, 1.165) is 22.4 Å². The van der Waals surface area contributed by atoms with Crippen molar-refractivity contribution in [2.24, 2.45) is 5.16 Å². The Kier molecular flexibility index (Phi) is 4.79. The SMILES string of the molecule is O=C1ON=C(c2ccccc2)C1=Cc1ccc(OCc2ccccc2)cc1. The molecule has 0 saturated carbocycles. The fraction of sp³-hybridized carbons (Fsp3) is 0.0435. The van der Waals surface area contributed by atoms with Gasteiger partial charge in [-0.05, 0) is 29.3 Å². The fourth-order valence-corrected chi connectivity index (χ4v) is 2.78. The second kappa shape index (κ2) is 7.70. The Bertz CT molecular complexity index is 991. The highest BCUT2D eigenvalue weighted by Crippen LogP contribution is 2.22. The Balaban J connectivity index is 1.50. The number of hydrogen-bond donors (Lipinski definition) is 0. The first-order valence-corrected chi connectivity index (χ1v) is 8.63. The fourth-order valence-electron chi connectivity index (χ4n) is 2.78. The maximum Gasteiger partial charge on any atom is 0.368 e. The van der Waals surface area contributed by atoms with Gasteiger partial charge in [-0.1, -0.05) is 78.0 Å². The predicted molar refractivity (Wildman–Crippen MR) is 104 cm³/mol. The molecule has 0 amide bonds. The second-order valence-electron chi connectivity index (χ2n) is 6.09. The molecule has 4 rings (SSSR count). The third-order valence-electron chi connectivity index (χ3n) is 4.18. The van der Waals surface area contributed by atoms with Gasteiger partial charge in [0, 0.05) is 5.56 Å². The minimum Gasteiger partial charge on any atom is -0.489 e. The molecule has 0 saturated heterocycles. The van der Waals surface area contributed by atoms with E-state index >= 15 is 0 Å². The highest BCUT2D eigenvalue weighted by molar-refractivity contribution is 6.31. The van der Waals surface area contributed by atoms with Gasteiger partial charge in [-0.3, -0.25) is 0 Å². The van der Waals surface area contributed by atoms with E-state index in [1.165, 1.54) is 0 Å². The van der Waals surface area contributed by atoms with Crippen LogP contribution in [0, 0.1) is 0 Å². The topological polar surface area (TPSA) is 47.9 Å². The van der Waals surface area contributed by atoms with Gasteiger partial charge in [0.25, 0.3) is 0 Å². The van der Waals surface area contributed by atoms with Gasteiger partial charge in [0.15, 0.2) is 0 Å². The van der Waals surface area contributed by atoms with E-state index in [2.05, 4.69) is 5.16 Å². The van der Waals surface area contributed by atoms with Crippen molar-refractivity contribution in [3.8, 4) is 5.75 Å². The van der Waals surface area contributed by atoms with Gasteiger partial charge in [0.2, 0.25) is 0 Å². The van der Waals surface area contributed by atoms with E-state index in [4.69, 9.17) is 9.57 Å². The van der Waals surface area contributed by atoms with E-state index in [1.54, 1.807) is 6.08 Å². The molecular weight excluding hydrogens is 338 g/mol. The lowest BCUT2D eigenvalue weighted by molar-refractivity contribution is -0.136. The highest BCUT2D eigenvalue weighted by Gasteiger charge is 2.26. The average molecular weight is 355 g/mol. The van der Waals surface area contributed by atoms with Gasteiger partial charge in [0.1, 0.15) is 18.1 Å². The Morgan fingerprint density at radius 3 is 2.22 bits per heavy atom. The van der Waals surface area contributed by atoms with Crippen LogP contribution < -0.4 is 4.74 Å². The molecule has 0 unspecified atom stereocenters. The molecular formula is C23H17NO3. The number of oxime groups is 1. The van der Waals surface area contributed by atoms with Crippen molar-refractivity contribution < 1.29 is 14.4 Å². The summed E-state index contributed by atoms with van der Waals surface area (Å²) in [5, 5.41) is 3.92. The van der Waals surface area contributed by atoms with Crippen molar-refractivity contribution in [2.75, 3.05) is 0 Å². The average Bonchev–Trinajstić information content (AvgIpc) is 3.09. The van der Waals surface area contributed by atoms with Crippen LogP contribution in [-0.4, -0.2) is 11.7 Å². The van der Waals surface area contributed by atoms with E-state index in [-0.39, 0.29) is 0 Å². The normalized spacial score (nSPS) is 14.7. The van der Waals surface area contributed by atoms with Crippen LogP contribution in [0.25, 0.3) is 6.08 Å². The number of carbonyl (C=O) groups excluding carboxylic acids is 1. The molecule has 1 aliphatic heterocycles. The number of ether oxygens (including phenoxy) is 1. The van der Waals surface area contributed by atoms with Gasteiger partial charge in [-0.2, -0.15) is 0 Å². The summed E-state index contributed by atoms with van der Waals surface area (Å²) < 4.78 is 5.79. The van der Waals surface area contributed by atoms with Crippen molar-refractivity contribution >= 4 is 17.8 Å². The van der Waals surface area contributed by atoms with E-state index in [0.29, 0.717) is 17.9 Å². The Morgan fingerprint density at radius 2 is 1.52 bits per heavy atom. The van der Waals surface area contributed by atoms with Crippen molar-refractivity contribution in [2.45, 2.75) is 6.61 Å². The zero-order valence-electron chi connectivity index (χ0n) is 14.5. The maximum absolute atomic E-state index is 12.1. The molecule has 4 nitrogen and oxygen atoms in total. The summed E-state index contributed by atoms with van der Waals surface area (Å²) in [6.07, 6.45) is 1.78. The minimum atomic E-state index is -0.446. The number of hydrogen-bond acceptors (Lipinski definition) is 4. The Morgan fingerprint density at radius 1 is 0.852 bits per heavy atom. The molecule has 3 aromatic rings. The van der Waals surface area contributed by atoms with Crippen LogP contribution in [0.2, 0.25) is 0 Å². The lowest BCUT2D eigenvalue weighted by Crippen LogP contribution is -2.06. The van der Waals surface area contributed by atoms with Gasteiger partial charge < -0.3 is 9.57 Å². The largest absolute Gasteiger partial charge is 0.489 e. The third-order valence-corrected chi connectivity index (χ3v) is 4.18. The first-order valence-electron chi connectivity index (χ1n) is 8.63. The maximum atomic E-state index is 12.1. The molecule has 3 aromatic carbocycles. The molecule has 0 aliphatic carbocycles. The Hall–Kier alpha value is -3.66. The van der Waals surface area contributed by atoms with Gasteiger partial charge in [0.05, 0.1) is 5.57 Å². The molecule has 1 aliphatic rings. The van der Waals surface area contributed by atoms with Crippen molar-refractivity contribution in [3.63, 3.8) is 0 Å². The monoisotopic (exact) mass is 355 g/mol. The number of nitrogens with zero attached hydrogens (tertiary/aromatic N) is 1. The van der Waals surface area contributed by atoms with Crippen LogP contribution >= 0.6 is 0 Å². The molecule has 27 heavy (non-hydrogen) atoms. The quantitative estimate of drug-likeness (QED) is 0.496. The summed E-state index contributed by atoms with van der Waals surface area (Å²) >= 11 is 0. The summed E-state index contributed by atoms with van der Waals surface area (Å²) in [4.78, 5) is 16.9. The molecule has 0 atom stereocenters. The van der Waals surface area contributed by atoms with Crippen LogP contribution in [0.3, 0.4) is 0 Å². The van der Waals surface area contributed by atoms with Gasteiger partial charge >= 0.3 is 5.97 Å². The van der Waals surface area contributed by atoms with Crippen LogP contribution in [-0.2, 0) is 16.2 Å². The second-order valence-corrected chi connectivity index (χ2v) is 6.09. The van der Waals surface area contributed by atoms with E-state index in [9.17, 15) is 4.79 Å². The van der Waals surface area contributed by atoms with Crippen LogP contribution in [0.5, 0.6) is 5.75 Å². The van der Waals surface area contributed by atoms with Crippen molar-refractivity contribution in [1.82, 2.24) is 0 Å². The zero-order valence-corrected chi connectivity index (χ0v) is 14.5. The molecule has 1 heterocycles. The Labute approximate surface area is 157 Å². The van der Waals surface area contributed by atoms with Crippen molar-refractivity contribution in [3.05, 3.63) is 107 Å².